The van der Waals surface area contributed by atoms with E-state index in [9.17, 15) is 4.79 Å². The van der Waals surface area contributed by atoms with Gasteiger partial charge in [0.15, 0.2) is 0 Å². The second-order valence-corrected chi connectivity index (χ2v) is 6.23. The lowest BCUT2D eigenvalue weighted by atomic mass is 9.95. The maximum Gasteiger partial charge on any atom is 0.255 e. The molecular formula is C13H20BrN3O. The van der Waals surface area contributed by atoms with Gasteiger partial charge in [-0.05, 0) is 26.7 Å². The number of hydrogen-bond donors (Lipinski definition) is 1. The van der Waals surface area contributed by atoms with Gasteiger partial charge in [0.25, 0.3) is 5.91 Å². The van der Waals surface area contributed by atoms with Gasteiger partial charge in [0, 0.05) is 23.6 Å². The summed E-state index contributed by atoms with van der Waals surface area (Å²) >= 11 is 3.66. The zero-order chi connectivity index (χ0) is 13.3. The molecule has 0 radical (unpaired) electrons. The molecule has 1 aliphatic carbocycles. The average Bonchev–Trinajstić information content (AvgIpc) is 2.56. The highest BCUT2D eigenvalue weighted by atomic mass is 79.9. The molecule has 2 unspecified atom stereocenters. The summed E-state index contributed by atoms with van der Waals surface area (Å²) in [6, 6.07) is 0.241. The van der Waals surface area contributed by atoms with Gasteiger partial charge in [0.2, 0.25) is 0 Å². The summed E-state index contributed by atoms with van der Waals surface area (Å²) in [5, 5.41) is 7.43. The highest BCUT2D eigenvalue weighted by Crippen LogP contribution is 2.25. The third-order valence-electron chi connectivity index (χ3n) is 3.73. The van der Waals surface area contributed by atoms with E-state index in [-0.39, 0.29) is 11.9 Å². The number of alkyl halides is 1. The summed E-state index contributed by atoms with van der Waals surface area (Å²) in [5.74, 6) is 0.00875. The van der Waals surface area contributed by atoms with Gasteiger partial charge in [-0.1, -0.05) is 28.8 Å². The van der Waals surface area contributed by atoms with E-state index in [1.165, 1.54) is 12.8 Å². The van der Waals surface area contributed by atoms with Crippen LogP contribution in [0.25, 0.3) is 0 Å². The summed E-state index contributed by atoms with van der Waals surface area (Å²) in [7, 11) is 1.87. The van der Waals surface area contributed by atoms with E-state index in [0.717, 1.165) is 29.8 Å². The first-order valence-corrected chi connectivity index (χ1v) is 7.37. The van der Waals surface area contributed by atoms with Crippen molar-refractivity contribution in [3.8, 4) is 0 Å². The number of carbonyl (C=O) groups excluding carboxylic acids is 1. The van der Waals surface area contributed by atoms with E-state index in [1.54, 1.807) is 4.68 Å². The van der Waals surface area contributed by atoms with Crippen LogP contribution in [-0.4, -0.2) is 26.6 Å². The molecule has 1 aromatic rings. The van der Waals surface area contributed by atoms with Gasteiger partial charge in [0.05, 0.1) is 11.3 Å². The largest absolute Gasteiger partial charge is 0.348 e. The van der Waals surface area contributed by atoms with E-state index in [2.05, 4.69) is 26.3 Å². The molecule has 100 valence electrons. The highest BCUT2D eigenvalue weighted by molar-refractivity contribution is 9.09. The van der Waals surface area contributed by atoms with Crippen LogP contribution in [0, 0.1) is 13.8 Å². The normalized spacial score (nSPS) is 24.0. The Morgan fingerprint density at radius 3 is 2.61 bits per heavy atom. The molecule has 2 rings (SSSR count). The summed E-state index contributed by atoms with van der Waals surface area (Å²) in [6.07, 6.45) is 4.63. The molecule has 0 bridgehead atoms. The molecule has 1 amide bonds. The zero-order valence-electron chi connectivity index (χ0n) is 11.2. The van der Waals surface area contributed by atoms with E-state index in [1.807, 2.05) is 20.9 Å². The van der Waals surface area contributed by atoms with Crippen molar-refractivity contribution in [3.63, 3.8) is 0 Å². The fourth-order valence-electron chi connectivity index (χ4n) is 2.59. The molecule has 0 spiro atoms. The van der Waals surface area contributed by atoms with Gasteiger partial charge < -0.3 is 5.32 Å². The SMILES string of the molecule is Cc1nn(C)c(C)c1C(=O)NC1CCCCC1Br. The predicted molar refractivity (Wildman–Crippen MR) is 75.1 cm³/mol. The van der Waals surface area contributed by atoms with Gasteiger partial charge >= 0.3 is 0 Å². The molecule has 1 heterocycles. The van der Waals surface area contributed by atoms with Gasteiger partial charge in [-0.25, -0.2) is 0 Å². The van der Waals surface area contributed by atoms with Gasteiger partial charge in [-0.2, -0.15) is 5.10 Å². The fraction of sp³-hybridized carbons (Fsp3) is 0.692. The number of nitrogens with zero attached hydrogens (tertiary/aromatic N) is 2. The number of nitrogens with one attached hydrogen (secondary N) is 1. The maximum absolute atomic E-state index is 12.3. The van der Waals surface area contributed by atoms with E-state index >= 15 is 0 Å². The number of halogens is 1. The standard InChI is InChI=1S/C13H20BrN3O/c1-8-12(9(2)17(3)16-8)13(18)15-11-7-5-4-6-10(11)14/h10-11H,4-7H2,1-3H3,(H,15,18). The number of aromatic nitrogens is 2. The van der Waals surface area contributed by atoms with E-state index in [0.29, 0.717) is 4.83 Å². The fourth-order valence-corrected chi connectivity index (χ4v) is 3.31. The third kappa shape index (κ3) is 2.60. The van der Waals surface area contributed by atoms with Gasteiger partial charge in [-0.15, -0.1) is 0 Å². The van der Waals surface area contributed by atoms with Crippen LogP contribution in [-0.2, 0) is 7.05 Å². The molecule has 1 fully saturated rings. The lowest BCUT2D eigenvalue weighted by Crippen LogP contribution is -2.42. The van der Waals surface area contributed by atoms with Crippen molar-refractivity contribution in [1.82, 2.24) is 15.1 Å². The molecule has 4 nitrogen and oxygen atoms in total. The van der Waals surface area contributed by atoms with E-state index in [4.69, 9.17) is 0 Å². The topological polar surface area (TPSA) is 46.9 Å². The molecule has 1 N–H and O–H groups in total. The van der Waals surface area contributed by atoms with Crippen LogP contribution < -0.4 is 5.32 Å². The molecule has 2 atom stereocenters. The maximum atomic E-state index is 12.3. The first kappa shape index (κ1) is 13.6. The molecule has 0 saturated heterocycles. The summed E-state index contributed by atoms with van der Waals surface area (Å²) < 4.78 is 1.76. The van der Waals surface area contributed by atoms with Crippen LogP contribution in [0.3, 0.4) is 0 Å². The van der Waals surface area contributed by atoms with Crippen molar-refractivity contribution in [2.45, 2.75) is 50.4 Å². The Morgan fingerprint density at radius 2 is 2.06 bits per heavy atom. The molecule has 1 saturated carbocycles. The number of rotatable bonds is 2. The lowest BCUT2D eigenvalue weighted by molar-refractivity contribution is 0.0928. The van der Waals surface area contributed by atoms with Crippen LogP contribution >= 0.6 is 15.9 Å². The molecule has 0 aromatic carbocycles. The second-order valence-electron chi connectivity index (χ2n) is 5.05. The quantitative estimate of drug-likeness (QED) is 0.853. The van der Waals surface area contributed by atoms with Gasteiger partial charge in [0.1, 0.15) is 0 Å². The summed E-state index contributed by atoms with van der Waals surface area (Å²) in [4.78, 5) is 12.7. The molecule has 18 heavy (non-hydrogen) atoms. The molecule has 0 aliphatic heterocycles. The molecule has 1 aliphatic rings. The number of aryl methyl sites for hydroxylation is 2. The molecular weight excluding hydrogens is 294 g/mol. The van der Waals surface area contributed by atoms with Crippen molar-refractivity contribution >= 4 is 21.8 Å². The number of amides is 1. The van der Waals surface area contributed by atoms with E-state index < -0.39 is 0 Å². The average molecular weight is 314 g/mol. The Morgan fingerprint density at radius 1 is 1.39 bits per heavy atom. The predicted octanol–water partition coefficient (Wildman–Crippen LogP) is 2.47. The Bertz CT molecular complexity index is 455. The van der Waals surface area contributed by atoms with Gasteiger partial charge in [-0.3, -0.25) is 9.48 Å². The van der Waals surface area contributed by atoms with Crippen LogP contribution in [0.1, 0.15) is 47.4 Å². The number of hydrogen-bond acceptors (Lipinski definition) is 2. The van der Waals surface area contributed by atoms with Crippen molar-refractivity contribution in [1.29, 1.82) is 0 Å². The minimum Gasteiger partial charge on any atom is -0.348 e. The van der Waals surface area contributed by atoms with Crippen LogP contribution in [0.4, 0.5) is 0 Å². The van der Waals surface area contributed by atoms with Crippen LogP contribution in [0.2, 0.25) is 0 Å². The lowest BCUT2D eigenvalue weighted by Gasteiger charge is -2.28. The minimum atomic E-state index is 0.00875. The minimum absolute atomic E-state index is 0.00875. The summed E-state index contributed by atoms with van der Waals surface area (Å²) in [6.45, 7) is 3.82. The Kier molecular flexibility index (Phi) is 4.10. The first-order chi connectivity index (χ1) is 8.50. The summed E-state index contributed by atoms with van der Waals surface area (Å²) in [5.41, 5.74) is 2.45. The Balaban J connectivity index is 2.12. The van der Waals surface area contributed by atoms with Crippen molar-refractivity contribution in [2.24, 2.45) is 7.05 Å². The van der Waals surface area contributed by atoms with Crippen molar-refractivity contribution < 1.29 is 4.79 Å². The first-order valence-electron chi connectivity index (χ1n) is 6.46. The Labute approximate surface area is 116 Å². The zero-order valence-corrected chi connectivity index (χ0v) is 12.7. The third-order valence-corrected chi connectivity index (χ3v) is 4.83. The molecule has 1 aromatic heterocycles. The van der Waals surface area contributed by atoms with Crippen LogP contribution in [0.15, 0.2) is 0 Å². The van der Waals surface area contributed by atoms with Crippen molar-refractivity contribution in [2.75, 3.05) is 0 Å². The molecule has 5 heteroatoms. The smallest absolute Gasteiger partial charge is 0.255 e. The van der Waals surface area contributed by atoms with Crippen LogP contribution in [0.5, 0.6) is 0 Å². The highest BCUT2D eigenvalue weighted by Gasteiger charge is 2.26. The van der Waals surface area contributed by atoms with Crippen molar-refractivity contribution in [3.05, 3.63) is 17.0 Å². The Hall–Kier alpha value is -0.840. The number of carbonyl (C=O) groups is 1. The second kappa shape index (κ2) is 5.43. The monoisotopic (exact) mass is 313 g/mol.